The fourth-order valence-electron chi connectivity index (χ4n) is 8.19. The molecule has 0 bridgehead atoms. The number of phenols is 1. The fourth-order valence-corrected chi connectivity index (χ4v) is 8.19. The second-order valence-electron chi connectivity index (χ2n) is 13.4. The minimum atomic E-state index is -2.75. The molecule has 1 heterocycles. The van der Waals surface area contributed by atoms with Gasteiger partial charge in [0.1, 0.15) is 11.5 Å². The van der Waals surface area contributed by atoms with Gasteiger partial charge in [-0.05, 0) is 74.8 Å². The molecule has 4 aliphatic rings. The van der Waals surface area contributed by atoms with Gasteiger partial charge in [-0.1, -0.05) is 12.1 Å². The van der Waals surface area contributed by atoms with Crippen molar-refractivity contribution in [2.24, 2.45) is 29.4 Å². The molecule has 2 aromatic carbocycles. The zero-order valence-electron chi connectivity index (χ0n) is 26.5. The number of hydrogen-bond acceptors (Lipinski definition) is 11. The highest BCUT2D eigenvalue weighted by atomic mass is 16.5. The maximum Gasteiger partial charge on any atom is 0.235 e. The molecule has 2 saturated carbocycles. The largest absolute Gasteiger partial charge is 0.507 e. The van der Waals surface area contributed by atoms with Crippen molar-refractivity contribution >= 4 is 29.0 Å². The van der Waals surface area contributed by atoms with Gasteiger partial charge in [-0.2, -0.15) is 0 Å². The van der Waals surface area contributed by atoms with Crippen LogP contribution in [0.2, 0.25) is 0 Å². The van der Waals surface area contributed by atoms with Crippen LogP contribution in [0.3, 0.4) is 0 Å². The first-order valence-corrected chi connectivity index (χ1v) is 15.6. The molecule has 3 aliphatic carbocycles. The molecule has 3 fully saturated rings. The summed E-state index contributed by atoms with van der Waals surface area (Å²) in [5.74, 6) is -9.90. The normalized spacial score (nSPS) is 30.2. The Kier molecular flexibility index (Phi) is 8.12. The van der Waals surface area contributed by atoms with Gasteiger partial charge in [-0.3, -0.25) is 33.8 Å². The first kappa shape index (κ1) is 32.0. The van der Waals surface area contributed by atoms with Gasteiger partial charge in [-0.25, -0.2) is 0 Å². The number of nitrogens with zero attached hydrogens (tertiary/aromatic N) is 3. The van der Waals surface area contributed by atoms with Gasteiger partial charge in [0.2, 0.25) is 5.91 Å². The number of benzene rings is 2. The number of phenolic OH excluding ortho intramolecular Hbond substituents is 1. The maximum atomic E-state index is 14.1. The number of primary amides is 1. The molecular formula is C34H40N4O8. The average Bonchev–Trinajstić information content (AvgIpc) is 3.00. The molecule has 12 heteroatoms. The predicted molar refractivity (Wildman–Crippen MR) is 166 cm³/mol. The molecule has 2 aromatic rings. The number of carbonyl (C=O) groups is 5. The van der Waals surface area contributed by atoms with Crippen LogP contribution in [0.1, 0.15) is 27.9 Å². The average molecular weight is 633 g/mol. The summed E-state index contributed by atoms with van der Waals surface area (Å²) < 4.78 is 5.68. The van der Waals surface area contributed by atoms with Gasteiger partial charge < -0.3 is 25.6 Å². The smallest absolute Gasteiger partial charge is 0.235 e. The number of fused-ring (bicyclic) bond motifs is 3. The number of methoxy groups -OCH3 is 1. The van der Waals surface area contributed by atoms with Crippen molar-refractivity contribution in [2.75, 3.05) is 54.4 Å². The van der Waals surface area contributed by atoms with E-state index in [0.29, 0.717) is 17.7 Å². The molecule has 12 nitrogen and oxygen atoms in total. The molecule has 0 spiro atoms. The summed E-state index contributed by atoms with van der Waals surface area (Å²) in [5, 5.41) is 22.8. The Bertz CT molecular complexity index is 1650. The molecule has 46 heavy (non-hydrogen) atoms. The number of aromatic hydroxyl groups is 1. The molecule has 6 atom stereocenters. The Labute approximate surface area is 267 Å². The van der Waals surface area contributed by atoms with Crippen molar-refractivity contribution in [1.82, 2.24) is 14.7 Å². The molecule has 6 rings (SSSR count). The van der Waals surface area contributed by atoms with E-state index < -0.39 is 64.4 Å². The van der Waals surface area contributed by atoms with E-state index >= 15 is 0 Å². The molecule has 4 N–H and O–H groups in total. The summed E-state index contributed by atoms with van der Waals surface area (Å²) in [4.78, 5) is 73.4. The van der Waals surface area contributed by atoms with E-state index in [4.69, 9.17) is 10.5 Å². The van der Waals surface area contributed by atoms with Crippen LogP contribution >= 0.6 is 0 Å². The first-order chi connectivity index (χ1) is 21.8. The molecule has 1 saturated heterocycles. The van der Waals surface area contributed by atoms with Crippen LogP contribution in [-0.4, -0.2) is 120 Å². The highest BCUT2D eigenvalue weighted by Crippen LogP contribution is 2.52. The lowest BCUT2D eigenvalue weighted by Gasteiger charge is -2.52. The summed E-state index contributed by atoms with van der Waals surface area (Å²) in [6.07, 6.45) is 0.186. The van der Waals surface area contributed by atoms with Crippen LogP contribution in [0.15, 0.2) is 30.3 Å². The van der Waals surface area contributed by atoms with E-state index in [1.54, 1.807) is 27.3 Å². The summed E-state index contributed by atoms with van der Waals surface area (Å²) >= 11 is 0. The van der Waals surface area contributed by atoms with E-state index in [1.807, 2.05) is 18.2 Å². The van der Waals surface area contributed by atoms with Crippen LogP contribution in [0.5, 0.6) is 11.5 Å². The standard InChI is InChI=1S/C34H40N4O8/c1-36(2)28-22-15-18-14-21-20(17-5-8-24(46-4)19(13-17)16-38-11-9-37(3)10-12-38)6-7-23(39)26(21)29(40)25(18)31(42)34(22,45)32(43)27(30(28)41)33(35)44/h5-8,13,18,22,25,27-28,39,45H,9-12,14-16H2,1-4H3,(H2,35,44)/t18-,22-,25?,27?,28-,34-/m1/s1. The number of amides is 1. The van der Waals surface area contributed by atoms with E-state index in [2.05, 4.69) is 16.8 Å². The molecule has 2 unspecified atom stereocenters. The summed E-state index contributed by atoms with van der Waals surface area (Å²) in [6.45, 7) is 4.42. The SMILES string of the molecule is COc1ccc(-c2ccc(O)c3c2C[C@@H]2C[C@@H]4[C@@H](N(C)C)C(=O)C(C(N)=O)C(=O)[C@]4(O)C(=O)C2C3=O)cc1CN1CCN(C)CC1. The second-order valence-corrected chi connectivity index (χ2v) is 13.4. The number of carbonyl (C=O) groups excluding carboxylic acids is 5. The number of nitrogens with two attached hydrogens (primary N) is 1. The van der Waals surface area contributed by atoms with E-state index in [1.165, 1.54) is 11.0 Å². The van der Waals surface area contributed by atoms with Gasteiger partial charge in [0.15, 0.2) is 34.7 Å². The van der Waals surface area contributed by atoms with Crippen molar-refractivity contribution in [3.05, 3.63) is 47.0 Å². The summed E-state index contributed by atoms with van der Waals surface area (Å²) in [6, 6.07) is 7.81. The minimum absolute atomic E-state index is 0.00371. The molecule has 244 valence electrons. The Morgan fingerprint density at radius 1 is 1.07 bits per heavy atom. The number of ketones is 4. The number of hydrogen-bond donors (Lipinski definition) is 3. The number of ether oxygens (including phenoxy) is 1. The van der Waals surface area contributed by atoms with E-state index in [0.717, 1.165) is 43.1 Å². The molecule has 1 amide bonds. The van der Waals surface area contributed by atoms with Gasteiger partial charge in [-0.15, -0.1) is 0 Å². The fraction of sp³-hybridized carbons (Fsp3) is 0.500. The monoisotopic (exact) mass is 632 g/mol. The van der Waals surface area contributed by atoms with Crippen LogP contribution in [0.25, 0.3) is 11.1 Å². The van der Waals surface area contributed by atoms with Crippen molar-refractivity contribution in [3.8, 4) is 22.6 Å². The second kappa shape index (κ2) is 11.7. The number of aliphatic hydroxyl groups is 1. The topological polar surface area (TPSA) is 171 Å². The Morgan fingerprint density at radius 2 is 1.76 bits per heavy atom. The van der Waals surface area contributed by atoms with Crippen LogP contribution < -0.4 is 10.5 Å². The van der Waals surface area contributed by atoms with Crippen molar-refractivity contribution in [1.29, 1.82) is 0 Å². The molecule has 0 radical (unpaired) electrons. The third-order valence-electron chi connectivity index (χ3n) is 10.5. The van der Waals surface area contributed by atoms with E-state index in [-0.39, 0.29) is 24.2 Å². The van der Waals surface area contributed by atoms with Crippen molar-refractivity contribution < 1.29 is 38.9 Å². The van der Waals surface area contributed by atoms with Gasteiger partial charge in [0, 0.05) is 44.2 Å². The Hall–Kier alpha value is -3.97. The number of Topliss-reactive ketones (excluding diaryl/α,β-unsaturated/α-hetero) is 4. The number of piperazine rings is 1. The third-order valence-corrected chi connectivity index (χ3v) is 10.5. The van der Waals surface area contributed by atoms with Gasteiger partial charge in [0.05, 0.1) is 24.6 Å². The Morgan fingerprint density at radius 3 is 2.39 bits per heavy atom. The maximum absolute atomic E-state index is 14.1. The van der Waals surface area contributed by atoms with Crippen molar-refractivity contribution in [2.45, 2.75) is 31.0 Å². The van der Waals surface area contributed by atoms with Crippen LogP contribution in [0.4, 0.5) is 0 Å². The Balaban J connectivity index is 1.41. The first-order valence-electron chi connectivity index (χ1n) is 15.6. The van der Waals surface area contributed by atoms with Crippen LogP contribution in [-0.2, 0) is 32.1 Å². The van der Waals surface area contributed by atoms with E-state index in [9.17, 15) is 34.2 Å². The minimum Gasteiger partial charge on any atom is -0.507 e. The lowest BCUT2D eigenvalue weighted by molar-refractivity contribution is -0.181. The zero-order chi connectivity index (χ0) is 33.2. The highest BCUT2D eigenvalue weighted by Gasteiger charge is 2.69. The summed E-state index contributed by atoms with van der Waals surface area (Å²) in [5.41, 5.74) is 5.68. The quantitative estimate of drug-likeness (QED) is 0.374. The lowest BCUT2D eigenvalue weighted by atomic mass is 9.52. The van der Waals surface area contributed by atoms with Crippen molar-refractivity contribution in [3.63, 3.8) is 0 Å². The molecular weight excluding hydrogens is 592 g/mol. The van der Waals surface area contributed by atoms with Gasteiger partial charge >= 0.3 is 0 Å². The van der Waals surface area contributed by atoms with Gasteiger partial charge in [0.25, 0.3) is 0 Å². The third kappa shape index (κ3) is 4.86. The summed E-state index contributed by atoms with van der Waals surface area (Å²) in [7, 11) is 6.85. The predicted octanol–water partition coefficient (Wildman–Crippen LogP) is 0.290. The molecule has 1 aliphatic heterocycles. The lowest BCUT2D eigenvalue weighted by Crippen LogP contribution is -2.74. The number of likely N-dealkylation sites (N-methyl/N-ethyl adjacent to an activating group) is 2. The van der Waals surface area contributed by atoms with Crippen LogP contribution in [0, 0.1) is 23.7 Å². The molecule has 0 aromatic heterocycles. The zero-order valence-corrected chi connectivity index (χ0v) is 26.5. The highest BCUT2D eigenvalue weighted by molar-refractivity contribution is 6.32. The number of rotatable bonds is 6.